The number of carboxylic acids is 1. The van der Waals surface area contributed by atoms with Crippen molar-refractivity contribution in [1.29, 1.82) is 0 Å². The quantitative estimate of drug-likeness (QED) is 0.778. The van der Waals surface area contributed by atoms with E-state index in [2.05, 4.69) is 5.32 Å². The van der Waals surface area contributed by atoms with E-state index >= 15 is 0 Å². The van der Waals surface area contributed by atoms with Crippen molar-refractivity contribution in [2.75, 3.05) is 6.54 Å². The van der Waals surface area contributed by atoms with Gasteiger partial charge in [-0.1, -0.05) is 29.8 Å². The van der Waals surface area contributed by atoms with E-state index in [0.29, 0.717) is 6.54 Å². The number of alkyl halides is 2. The van der Waals surface area contributed by atoms with Gasteiger partial charge in [-0.2, -0.15) is 0 Å². The summed E-state index contributed by atoms with van der Waals surface area (Å²) in [5, 5.41) is 11.0. The predicted octanol–water partition coefficient (Wildman–Crippen LogP) is 1.57. The first kappa shape index (κ1) is 18.8. The standard InChI is InChI=1S/C17H20F2N2O4/c1-10-2-4-11(5-3-10)8-21-9-12(6-15(21)22)16(23)20-13(17(24)25)7-14(18)19/h2-5,12-14H,6-9H2,1H3,(H,20,23)(H,24,25). The highest BCUT2D eigenvalue weighted by molar-refractivity contribution is 5.91. The number of hydrogen-bond donors (Lipinski definition) is 2. The van der Waals surface area contributed by atoms with E-state index in [-0.39, 0.29) is 18.9 Å². The van der Waals surface area contributed by atoms with Gasteiger partial charge in [0.05, 0.1) is 5.92 Å². The smallest absolute Gasteiger partial charge is 0.326 e. The normalized spacial score (nSPS) is 18.5. The summed E-state index contributed by atoms with van der Waals surface area (Å²) in [6.07, 6.45) is -3.86. The Labute approximate surface area is 143 Å². The highest BCUT2D eigenvalue weighted by Crippen LogP contribution is 2.21. The molecule has 25 heavy (non-hydrogen) atoms. The summed E-state index contributed by atoms with van der Waals surface area (Å²) >= 11 is 0. The third-order valence-electron chi connectivity index (χ3n) is 4.11. The second-order valence-electron chi connectivity index (χ2n) is 6.19. The van der Waals surface area contributed by atoms with Crippen LogP contribution in [-0.4, -0.2) is 46.8 Å². The lowest BCUT2D eigenvalue weighted by Crippen LogP contribution is -2.45. The Morgan fingerprint density at radius 1 is 1.32 bits per heavy atom. The minimum absolute atomic E-state index is 0.0568. The number of rotatable bonds is 7. The maximum absolute atomic E-state index is 12.4. The second kappa shape index (κ2) is 8.04. The van der Waals surface area contributed by atoms with Gasteiger partial charge >= 0.3 is 5.97 Å². The second-order valence-corrected chi connectivity index (χ2v) is 6.19. The van der Waals surface area contributed by atoms with Crippen LogP contribution in [0.5, 0.6) is 0 Å². The Morgan fingerprint density at radius 2 is 1.96 bits per heavy atom. The van der Waals surface area contributed by atoms with E-state index in [1.54, 1.807) is 0 Å². The Balaban J connectivity index is 1.95. The van der Waals surface area contributed by atoms with Gasteiger partial charge in [0.1, 0.15) is 6.04 Å². The number of nitrogens with one attached hydrogen (secondary N) is 1. The molecule has 1 aliphatic heterocycles. The topological polar surface area (TPSA) is 86.7 Å². The van der Waals surface area contributed by atoms with Gasteiger partial charge in [0.2, 0.25) is 18.2 Å². The zero-order chi connectivity index (χ0) is 18.6. The maximum Gasteiger partial charge on any atom is 0.326 e. The fourth-order valence-corrected chi connectivity index (χ4v) is 2.70. The fraction of sp³-hybridized carbons (Fsp3) is 0.471. The van der Waals surface area contributed by atoms with Crippen LogP contribution < -0.4 is 5.32 Å². The Hall–Kier alpha value is -2.51. The van der Waals surface area contributed by atoms with Gasteiger partial charge < -0.3 is 15.3 Å². The van der Waals surface area contributed by atoms with Crippen LogP contribution in [-0.2, 0) is 20.9 Å². The van der Waals surface area contributed by atoms with Gasteiger partial charge in [-0.15, -0.1) is 0 Å². The lowest BCUT2D eigenvalue weighted by molar-refractivity contribution is -0.143. The lowest BCUT2D eigenvalue weighted by atomic mass is 10.1. The monoisotopic (exact) mass is 354 g/mol. The Bertz CT molecular complexity index is 649. The molecule has 0 aliphatic carbocycles. The van der Waals surface area contributed by atoms with Crippen molar-refractivity contribution in [2.45, 2.75) is 38.8 Å². The molecule has 1 aromatic carbocycles. The van der Waals surface area contributed by atoms with Crippen molar-refractivity contribution in [3.05, 3.63) is 35.4 Å². The van der Waals surface area contributed by atoms with Crippen LogP contribution in [0.4, 0.5) is 8.78 Å². The average molecular weight is 354 g/mol. The largest absolute Gasteiger partial charge is 0.480 e. The number of halogens is 2. The van der Waals surface area contributed by atoms with E-state index in [1.165, 1.54) is 4.90 Å². The summed E-state index contributed by atoms with van der Waals surface area (Å²) in [6, 6.07) is 5.95. The third-order valence-corrected chi connectivity index (χ3v) is 4.11. The zero-order valence-corrected chi connectivity index (χ0v) is 13.7. The number of aliphatic carboxylic acids is 1. The number of carboxylic acid groups (broad SMARTS) is 1. The van der Waals surface area contributed by atoms with E-state index in [0.717, 1.165) is 11.1 Å². The summed E-state index contributed by atoms with van der Waals surface area (Å²) in [4.78, 5) is 36.7. The zero-order valence-electron chi connectivity index (χ0n) is 13.7. The molecular formula is C17H20F2N2O4. The number of hydrogen-bond acceptors (Lipinski definition) is 3. The van der Waals surface area contributed by atoms with E-state index in [4.69, 9.17) is 5.11 Å². The molecule has 0 saturated carbocycles. The molecular weight excluding hydrogens is 334 g/mol. The van der Waals surface area contributed by atoms with Crippen LogP contribution in [0.3, 0.4) is 0 Å². The molecule has 2 atom stereocenters. The lowest BCUT2D eigenvalue weighted by Gasteiger charge is -2.18. The number of nitrogens with zero attached hydrogens (tertiary/aromatic N) is 1. The number of aryl methyl sites for hydroxylation is 1. The molecule has 1 fully saturated rings. The van der Waals surface area contributed by atoms with Crippen LogP contribution in [0, 0.1) is 12.8 Å². The van der Waals surface area contributed by atoms with Gasteiger partial charge in [0.15, 0.2) is 0 Å². The molecule has 2 unspecified atom stereocenters. The van der Waals surface area contributed by atoms with Gasteiger partial charge in [-0.3, -0.25) is 9.59 Å². The highest BCUT2D eigenvalue weighted by Gasteiger charge is 2.36. The SMILES string of the molecule is Cc1ccc(CN2CC(C(=O)NC(CC(F)F)C(=O)O)CC2=O)cc1. The summed E-state index contributed by atoms with van der Waals surface area (Å²) in [7, 11) is 0. The molecule has 2 rings (SSSR count). The molecule has 0 bridgehead atoms. The summed E-state index contributed by atoms with van der Waals surface area (Å²) in [5.74, 6) is -3.17. The Kier molecular flexibility index (Phi) is 6.06. The van der Waals surface area contributed by atoms with Crippen LogP contribution in [0.1, 0.15) is 24.0 Å². The molecule has 1 aromatic rings. The van der Waals surface area contributed by atoms with Crippen molar-refractivity contribution >= 4 is 17.8 Å². The molecule has 136 valence electrons. The van der Waals surface area contributed by atoms with Crippen LogP contribution in [0.15, 0.2) is 24.3 Å². The van der Waals surface area contributed by atoms with Crippen molar-refractivity contribution in [3.63, 3.8) is 0 Å². The first-order chi connectivity index (χ1) is 11.8. The number of carbonyl (C=O) groups excluding carboxylic acids is 2. The number of carbonyl (C=O) groups is 3. The first-order valence-electron chi connectivity index (χ1n) is 7.91. The van der Waals surface area contributed by atoms with Gasteiger partial charge in [0.25, 0.3) is 0 Å². The fourth-order valence-electron chi connectivity index (χ4n) is 2.70. The number of benzene rings is 1. The number of likely N-dealkylation sites (tertiary alicyclic amines) is 1. The molecule has 2 N–H and O–H groups in total. The Morgan fingerprint density at radius 3 is 2.52 bits per heavy atom. The molecule has 6 nitrogen and oxygen atoms in total. The average Bonchev–Trinajstić information content (AvgIpc) is 2.89. The molecule has 8 heteroatoms. The van der Waals surface area contributed by atoms with Crippen molar-refractivity contribution in [1.82, 2.24) is 10.2 Å². The minimum Gasteiger partial charge on any atom is -0.480 e. The maximum atomic E-state index is 12.4. The summed E-state index contributed by atoms with van der Waals surface area (Å²) in [5.41, 5.74) is 2.01. The molecule has 0 radical (unpaired) electrons. The molecule has 0 aromatic heterocycles. The van der Waals surface area contributed by atoms with E-state index in [1.807, 2.05) is 31.2 Å². The summed E-state index contributed by atoms with van der Waals surface area (Å²) in [6.45, 7) is 2.44. The van der Waals surface area contributed by atoms with Gasteiger partial charge in [-0.05, 0) is 12.5 Å². The third kappa shape index (κ3) is 5.23. The molecule has 2 amide bonds. The highest BCUT2D eigenvalue weighted by atomic mass is 19.3. The first-order valence-corrected chi connectivity index (χ1v) is 7.91. The molecule has 1 heterocycles. The van der Waals surface area contributed by atoms with Gasteiger partial charge in [0, 0.05) is 25.9 Å². The van der Waals surface area contributed by atoms with Crippen molar-refractivity contribution in [2.24, 2.45) is 5.92 Å². The van der Waals surface area contributed by atoms with Crippen molar-refractivity contribution in [3.8, 4) is 0 Å². The summed E-state index contributed by atoms with van der Waals surface area (Å²) < 4.78 is 24.8. The van der Waals surface area contributed by atoms with Gasteiger partial charge in [-0.25, -0.2) is 13.6 Å². The van der Waals surface area contributed by atoms with Crippen LogP contribution in [0.2, 0.25) is 0 Å². The van der Waals surface area contributed by atoms with E-state index < -0.39 is 36.7 Å². The molecule has 1 saturated heterocycles. The van der Waals surface area contributed by atoms with E-state index in [9.17, 15) is 23.2 Å². The van der Waals surface area contributed by atoms with Crippen molar-refractivity contribution < 1.29 is 28.3 Å². The predicted molar refractivity (Wildman–Crippen MR) is 84.9 cm³/mol. The van der Waals surface area contributed by atoms with Crippen LogP contribution in [0.25, 0.3) is 0 Å². The molecule has 0 spiro atoms. The van der Waals surface area contributed by atoms with Crippen LogP contribution >= 0.6 is 0 Å². The minimum atomic E-state index is -2.84. The number of amides is 2. The molecule has 1 aliphatic rings.